The molecule has 0 heterocycles. The van der Waals surface area contributed by atoms with E-state index in [2.05, 4.69) is 4.74 Å². The van der Waals surface area contributed by atoms with Gasteiger partial charge in [0.05, 0.1) is 6.61 Å². The second-order valence-corrected chi connectivity index (χ2v) is 3.43. The van der Waals surface area contributed by atoms with Gasteiger partial charge in [-0.15, -0.1) is 0 Å². The summed E-state index contributed by atoms with van der Waals surface area (Å²) in [5, 5.41) is 8.40. The lowest BCUT2D eigenvalue weighted by Crippen LogP contribution is -2.05. The van der Waals surface area contributed by atoms with Gasteiger partial charge >= 0.3 is 5.97 Å². The van der Waals surface area contributed by atoms with Crippen LogP contribution in [-0.4, -0.2) is 24.1 Å². The third-order valence-corrected chi connectivity index (χ3v) is 2.00. The largest absolute Gasteiger partial charge is 0.478 e. The number of rotatable bonds is 6. The number of carboxylic acids is 1. The number of alkyl halides is 2. The minimum absolute atomic E-state index is 0.142. The van der Waals surface area contributed by atoms with Gasteiger partial charge in [0.2, 0.25) is 0 Å². The molecule has 1 aromatic carbocycles. The van der Waals surface area contributed by atoms with Gasteiger partial charge in [0, 0.05) is 11.6 Å². The summed E-state index contributed by atoms with van der Waals surface area (Å²) < 4.78 is 41.6. The van der Waals surface area contributed by atoms with Crippen LogP contribution < -0.4 is 0 Å². The highest BCUT2D eigenvalue weighted by Crippen LogP contribution is 2.13. The molecule has 0 saturated carbocycles. The van der Waals surface area contributed by atoms with E-state index in [0.29, 0.717) is 5.56 Å². The molecule has 0 aliphatic carbocycles. The fourth-order valence-electron chi connectivity index (χ4n) is 1.21. The van der Waals surface area contributed by atoms with Gasteiger partial charge in [0.25, 0.3) is 6.43 Å². The second kappa shape index (κ2) is 6.80. The average molecular weight is 260 g/mol. The third-order valence-electron chi connectivity index (χ3n) is 2.00. The zero-order valence-corrected chi connectivity index (χ0v) is 9.28. The maximum absolute atomic E-state index is 13.5. The molecule has 18 heavy (non-hydrogen) atoms. The predicted octanol–water partition coefficient (Wildman–Crippen LogP) is 2.71. The monoisotopic (exact) mass is 260 g/mol. The maximum atomic E-state index is 13.5. The van der Waals surface area contributed by atoms with Crippen LogP contribution in [0.3, 0.4) is 0 Å². The Morgan fingerprint density at radius 1 is 1.44 bits per heavy atom. The standard InChI is InChI=1S/C12H11F3O3/c13-10-5-8(2-4-12(16)17)1-3-9(10)6-18-7-11(14)15/h1-5,11H,6-7H2,(H,16,17)/b4-2+. The Morgan fingerprint density at radius 2 is 2.17 bits per heavy atom. The van der Waals surface area contributed by atoms with Crippen molar-refractivity contribution >= 4 is 12.0 Å². The molecule has 0 radical (unpaired) electrons. The van der Waals surface area contributed by atoms with Crippen LogP contribution in [0.1, 0.15) is 11.1 Å². The van der Waals surface area contributed by atoms with Crippen LogP contribution in [-0.2, 0) is 16.1 Å². The Labute approximate surface area is 101 Å². The van der Waals surface area contributed by atoms with Gasteiger partial charge in [-0.25, -0.2) is 18.0 Å². The van der Waals surface area contributed by atoms with Crippen molar-refractivity contribution in [3.63, 3.8) is 0 Å². The average Bonchev–Trinajstić information content (AvgIpc) is 2.28. The fourth-order valence-corrected chi connectivity index (χ4v) is 1.21. The summed E-state index contributed by atoms with van der Waals surface area (Å²) in [7, 11) is 0. The molecule has 0 spiro atoms. The molecule has 6 heteroatoms. The van der Waals surface area contributed by atoms with Gasteiger partial charge in [-0.2, -0.15) is 0 Å². The first-order valence-electron chi connectivity index (χ1n) is 5.04. The number of benzene rings is 1. The van der Waals surface area contributed by atoms with Crippen LogP contribution in [0.15, 0.2) is 24.3 Å². The summed E-state index contributed by atoms with van der Waals surface area (Å²) in [4.78, 5) is 10.3. The Hall–Kier alpha value is -1.82. The molecule has 1 rings (SSSR count). The molecule has 1 aromatic rings. The van der Waals surface area contributed by atoms with Crippen molar-refractivity contribution in [3.05, 3.63) is 41.2 Å². The molecule has 0 bridgehead atoms. The first-order chi connectivity index (χ1) is 8.49. The number of carbonyl (C=O) groups is 1. The summed E-state index contributed by atoms with van der Waals surface area (Å²) in [6, 6.07) is 3.95. The molecule has 0 unspecified atom stereocenters. The molecule has 0 saturated heterocycles. The van der Waals surface area contributed by atoms with E-state index in [9.17, 15) is 18.0 Å². The van der Waals surface area contributed by atoms with Crippen LogP contribution in [0.25, 0.3) is 6.08 Å². The SMILES string of the molecule is O=C(O)/C=C/c1ccc(COCC(F)F)c(F)c1. The number of ether oxygens (including phenoxy) is 1. The van der Waals surface area contributed by atoms with Crippen molar-refractivity contribution in [2.75, 3.05) is 6.61 Å². The summed E-state index contributed by atoms with van der Waals surface area (Å²) in [6.45, 7) is -1.00. The van der Waals surface area contributed by atoms with Gasteiger partial charge in [0.15, 0.2) is 0 Å². The van der Waals surface area contributed by atoms with Gasteiger partial charge < -0.3 is 9.84 Å². The van der Waals surface area contributed by atoms with Crippen LogP contribution in [0.2, 0.25) is 0 Å². The van der Waals surface area contributed by atoms with Crippen molar-refractivity contribution in [1.29, 1.82) is 0 Å². The molecule has 98 valence electrons. The smallest absolute Gasteiger partial charge is 0.328 e. The van der Waals surface area contributed by atoms with Crippen LogP contribution >= 0.6 is 0 Å². The van der Waals surface area contributed by atoms with Gasteiger partial charge in [-0.3, -0.25) is 0 Å². The van der Waals surface area contributed by atoms with Crippen LogP contribution in [0.4, 0.5) is 13.2 Å². The number of hydrogen-bond acceptors (Lipinski definition) is 2. The zero-order valence-electron chi connectivity index (χ0n) is 9.28. The maximum Gasteiger partial charge on any atom is 0.328 e. The topological polar surface area (TPSA) is 46.5 Å². The van der Waals surface area contributed by atoms with Crippen LogP contribution in [0, 0.1) is 5.82 Å². The Morgan fingerprint density at radius 3 is 2.72 bits per heavy atom. The quantitative estimate of drug-likeness (QED) is 0.800. The molecule has 1 N–H and O–H groups in total. The predicted molar refractivity (Wildman–Crippen MR) is 58.7 cm³/mol. The van der Waals surface area contributed by atoms with Crippen molar-refractivity contribution in [1.82, 2.24) is 0 Å². The van der Waals surface area contributed by atoms with E-state index in [1.165, 1.54) is 18.2 Å². The highest BCUT2D eigenvalue weighted by atomic mass is 19.3. The van der Waals surface area contributed by atoms with E-state index in [0.717, 1.165) is 12.1 Å². The fraction of sp³-hybridized carbons (Fsp3) is 0.250. The minimum atomic E-state index is -2.59. The summed E-state index contributed by atoms with van der Waals surface area (Å²) in [5.41, 5.74) is 0.510. The normalized spacial score (nSPS) is 11.3. The summed E-state index contributed by atoms with van der Waals surface area (Å²) >= 11 is 0. The third kappa shape index (κ3) is 5.01. The Kier molecular flexibility index (Phi) is 5.38. The molecule has 0 aliphatic heterocycles. The second-order valence-electron chi connectivity index (χ2n) is 3.43. The van der Waals surface area contributed by atoms with Gasteiger partial charge in [-0.05, 0) is 17.7 Å². The number of aliphatic carboxylic acids is 1. The summed E-state index contributed by atoms with van der Waals surface area (Å²) in [6.07, 6.45) is -0.484. The highest BCUT2D eigenvalue weighted by Gasteiger charge is 2.06. The molecule has 0 fully saturated rings. The first kappa shape index (κ1) is 14.2. The molecule has 0 atom stereocenters. The summed E-state index contributed by atoms with van der Waals surface area (Å²) in [5.74, 6) is -1.77. The number of halogens is 3. The van der Waals surface area contributed by atoms with E-state index < -0.39 is 24.8 Å². The van der Waals surface area contributed by atoms with E-state index in [-0.39, 0.29) is 12.2 Å². The van der Waals surface area contributed by atoms with Crippen molar-refractivity contribution in [2.45, 2.75) is 13.0 Å². The van der Waals surface area contributed by atoms with E-state index >= 15 is 0 Å². The lowest BCUT2D eigenvalue weighted by atomic mass is 10.1. The highest BCUT2D eigenvalue weighted by molar-refractivity contribution is 5.85. The Bertz CT molecular complexity index is 444. The zero-order chi connectivity index (χ0) is 13.5. The number of hydrogen-bond donors (Lipinski definition) is 1. The molecule has 3 nitrogen and oxygen atoms in total. The van der Waals surface area contributed by atoms with Gasteiger partial charge in [-0.1, -0.05) is 12.1 Å². The molecule has 0 aromatic heterocycles. The van der Waals surface area contributed by atoms with Crippen molar-refractivity contribution in [3.8, 4) is 0 Å². The molecule has 0 aliphatic rings. The number of carboxylic acid groups (broad SMARTS) is 1. The molecular formula is C12H11F3O3. The van der Waals surface area contributed by atoms with Gasteiger partial charge in [0.1, 0.15) is 12.4 Å². The lowest BCUT2D eigenvalue weighted by molar-refractivity contribution is -0.131. The van der Waals surface area contributed by atoms with Crippen LogP contribution in [0.5, 0.6) is 0 Å². The molecule has 0 amide bonds. The minimum Gasteiger partial charge on any atom is -0.478 e. The van der Waals surface area contributed by atoms with Crippen molar-refractivity contribution in [2.24, 2.45) is 0 Å². The lowest BCUT2D eigenvalue weighted by Gasteiger charge is -2.05. The first-order valence-corrected chi connectivity index (χ1v) is 5.04. The Balaban J connectivity index is 2.65. The van der Waals surface area contributed by atoms with E-state index in [1.54, 1.807) is 0 Å². The van der Waals surface area contributed by atoms with E-state index in [1.807, 2.05) is 0 Å². The van der Waals surface area contributed by atoms with Crippen molar-refractivity contribution < 1.29 is 27.8 Å². The molecular weight excluding hydrogens is 249 g/mol. The van der Waals surface area contributed by atoms with E-state index in [4.69, 9.17) is 5.11 Å².